The van der Waals surface area contributed by atoms with Gasteiger partial charge < -0.3 is 10.5 Å². The maximum absolute atomic E-state index is 5.89. The summed E-state index contributed by atoms with van der Waals surface area (Å²) in [4.78, 5) is 2.58. The third kappa shape index (κ3) is 4.51. The summed E-state index contributed by atoms with van der Waals surface area (Å²) < 4.78 is 5.89. The van der Waals surface area contributed by atoms with E-state index >= 15 is 0 Å². The van der Waals surface area contributed by atoms with Crippen molar-refractivity contribution in [2.45, 2.75) is 45.2 Å². The van der Waals surface area contributed by atoms with Crippen LogP contribution in [0.25, 0.3) is 0 Å². The van der Waals surface area contributed by atoms with E-state index < -0.39 is 0 Å². The maximum Gasteiger partial charge on any atom is 0.123 e. The van der Waals surface area contributed by atoms with E-state index in [1.54, 1.807) is 0 Å². The van der Waals surface area contributed by atoms with Crippen molar-refractivity contribution in [2.24, 2.45) is 5.73 Å². The van der Waals surface area contributed by atoms with Gasteiger partial charge in [-0.1, -0.05) is 31.5 Å². The highest BCUT2D eigenvalue weighted by Gasteiger charge is 2.28. The molecule has 0 bridgehead atoms. The molecule has 0 unspecified atom stereocenters. The van der Waals surface area contributed by atoms with Gasteiger partial charge in [0.05, 0.1) is 0 Å². The van der Waals surface area contributed by atoms with Crippen LogP contribution in [0.5, 0.6) is 5.75 Å². The van der Waals surface area contributed by atoms with Crippen LogP contribution in [0.2, 0.25) is 0 Å². The minimum Gasteiger partial charge on any atom is -0.492 e. The Morgan fingerprint density at radius 2 is 2.05 bits per heavy atom. The molecule has 0 spiro atoms. The number of benzene rings is 1. The molecule has 0 atom stereocenters. The fourth-order valence-electron chi connectivity index (χ4n) is 2.36. The lowest BCUT2D eigenvalue weighted by atomic mass is 10.2. The predicted molar refractivity (Wildman–Crippen MR) is 79.3 cm³/mol. The van der Waals surface area contributed by atoms with E-state index in [4.69, 9.17) is 10.5 Å². The van der Waals surface area contributed by atoms with Gasteiger partial charge in [-0.25, -0.2) is 0 Å². The van der Waals surface area contributed by atoms with Gasteiger partial charge in [-0.3, -0.25) is 4.90 Å². The number of nitrogens with two attached hydrogens (primary N) is 1. The monoisotopic (exact) mass is 262 g/mol. The number of unbranched alkanes of at least 4 members (excludes halogenated alkanes) is 1. The van der Waals surface area contributed by atoms with Crippen molar-refractivity contribution in [3.05, 3.63) is 29.8 Å². The minimum atomic E-state index is 0.540. The topological polar surface area (TPSA) is 38.5 Å². The van der Waals surface area contributed by atoms with Crippen LogP contribution in [0, 0.1) is 0 Å². The summed E-state index contributed by atoms with van der Waals surface area (Å²) in [5.41, 5.74) is 6.81. The lowest BCUT2D eigenvalue weighted by Gasteiger charge is -2.22. The average Bonchev–Trinajstić information content (AvgIpc) is 3.27. The third-order valence-electron chi connectivity index (χ3n) is 3.69. The van der Waals surface area contributed by atoms with Crippen molar-refractivity contribution in [2.75, 3.05) is 19.7 Å². The molecule has 0 aliphatic heterocycles. The molecule has 0 aromatic heterocycles. The molecule has 106 valence electrons. The molecule has 3 heteroatoms. The quantitative estimate of drug-likeness (QED) is 0.743. The van der Waals surface area contributed by atoms with Crippen LogP contribution in [0.4, 0.5) is 0 Å². The highest BCUT2D eigenvalue weighted by Crippen LogP contribution is 2.27. The Hall–Kier alpha value is -1.06. The first kappa shape index (κ1) is 14.4. The Kier molecular flexibility index (Phi) is 5.67. The summed E-state index contributed by atoms with van der Waals surface area (Å²) in [6, 6.07) is 8.87. The summed E-state index contributed by atoms with van der Waals surface area (Å²) in [7, 11) is 0. The lowest BCUT2D eigenvalue weighted by Crippen LogP contribution is -2.31. The van der Waals surface area contributed by atoms with E-state index in [9.17, 15) is 0 Å². The van der Waals surface area contributed by atoms with Crippen molar-refractivity contribution in [3.8, 4) is 5.75 Å². The highest BCUT2D eigenvalue weighted by molar-refractivity contribution is 5.32. The van der Waals surface area contributed by atoms with Gasteiger partial charge >= 0.3 is 0 Å². The zero-order valence-corrected chi connectivity index (χ0v) is 12.0. The van der Waals surface area contributed by atoms with Crippen LogP contribution < -0.4 is 10.5 Å². The van der Waals surface area contributed by atoms with Crippen LogP contribution >= 0.6 is 0 Å². The first-order valence-corrected chi connectivity index (χ1v) is 7.50. The first-order valence-electron chi connectivity index (χ1n) is 7.50. The maximum atomic E-state index is 5.89. The van der Waals surface area contributed by atoms with Crippen LogP contribution in [0.15, 0.2) is 24.3 Å². The van der Waals surface area contributed by atoms with E-state index in [1.165, 1.54) is 32.2 Å². The van der Waals surface area contributed by atoms with E-state index in [0.29, 0.717) is 6.54 Å². The average molecular weight is 262 g/mol. The van der Waals surface area contributed by atoms with E-state index in [1.807, 2.05) is 24.3 Å². The van der Waals surface area contributed by atoms with Gasteiger partial charge in [0.15, 0.2) is 0 Å². The summed E-state index contributed by atoms with van der Waals surface area (Å²) in [6.07, 6.45) is 5.28. The summed E-state index contributed by atoms with van der Waals surface area (Å²) in [5.74, 6) is 0.941. The minimum absolute atomic E-state index is 0.540. The van der Waals surface area contributed by atoms with Gasteiger partial charge in [0, 0.05) is 24.7 Å². The number of rotatable bonds is 9. The van der Waals surface area contributed by atoms with Gasteiger partial charge in [0.1, 0.15) is 12.4 Å². The van der Waals surface area contributed by atoms with Crippen LogP contribution in [0.1, 0.15) is 38.2 Å². The van der Waals surface area contributed by atoms with Crippen molar-refractivity contribution in [1.29, 1.82) is 0 Å². The zero-order chi connectivity index (χ0) is 13.5. The molecule has 1 aliphatic rings. The predicted octanol–water partition coefficient (Wildman–Crippen LogP) is 2.79. The fraction of sp³-hybridized carbons (Fsp3) is 0.625. The molecular weight excluding hydrogens is 236 g/mol. The molecule has 0 radical (unpaired) electrons. The van der Waals surface area contributed by atoms with Crippen LogP contribution in [0.3, 0.4) is 0 Å². The standard InChI is InChI=1S/C16H26N2O/c1-2-3-10-18(15-8-9-15)11-12-19-16-7-5-4-6-14(16)13-17/h4-7,15H,2-3,8-13,17H2,1H3. The molecule has 0 amide bonds. The number of ether oxygens (including phenoxy) is 1. The first-order chi connectivity index (χ1) is 9.35. The Morgan fingerprint density at radius 1 is 1.26 bits per heavy atom. The van der Waals surface area contributed by atoms with Crippen LogP contribution in [-0.2, 0) is 6.54 Å². The van der Waals surface area contributed by atoms with Crippen molar-refractivity contribution in [3.63, 3.8) is 0 Å². The van der Waals surface area contributed by atoms with Crippen LogP contribution in [-0.4, -0.2) is 30.6 Å². The fourth-order valence-corrected chi connectivity index (χ4v) is 2.36. The molecule has 2 N–H and O–H groups in total. The molecule has 0 saturated heterocycles. The smallest absolute Gasteiger partial charge is 0.123 e. The van der Waals surface area contributed by atoms with Gasteiger partial charge in [-0.15, -0.1) is 0 Å². The second kappa shape index (κ2) is 7.51. The molecule has 1 aromatic carbocycles. The Bertz CT molecular complexity index is 377. The molecule has 1 fully saturated rings. The largest absolute Gasteiger partial charge is 0.492 e. The normalized spacial score (nSPS) is 14.9. The summed E-state index contributed by atoms with van der Waals surface area (Å²) in [6.45, 7) is 5.79. The molecule has 19 heavy (non-hydrogen) atoms. The van der Waals surface area contributed by atoms with Crippen molar-refractivity contribution in [1.82, 2.24) is 4.90 Å². The summed E-state index contributed by atoms with van der Waals surface area (Å²) in [5, 5.41) is 0. The highest BCUT2D eigenvalue weighted by atomic mass is 16.5. The summed E-state index contributed by atoms with van der Waals surface area (Å²) >= 11 is 0. The molecule has 3 nitrogen and oxygen atoms in total. The van der Waals surface area contributed by atoms with E-state index in [-0.39, 0.29) is 0 Å². The Labute approximate surface area is 116 Å². The Morgan fingerprint density at radius 3 is 2.74 bits per heavy atom. The zero-order valence-electron chi connectivity index (χ0n) is 12.0. The number of para-hydroxylation sites is 1. The Balaban J connectivity index is 1.77. The molecule has 2 rings (SSSR count). The number of hydrogen-bond acceptors (Lipinski definition) is 3. The second-order valence-electron chi connectivity index (χ2n) is 5.28. The van der Waals surface area contributed by atoms with Gasteiger partial charge in [-0.05, 0) is 31.9 Å². The third-order valence-corrected chi connectivity index (χ3v) is 3.69. The van der Waals surface area contributed by atoms with E-state index in [0.717, 1.165) is 30.5 Å². The van der Waals surface area contributed by atoms with Gasteiger partial charge in [-0.2, -0.15) is 0 Å². The number of nitrogens with zero attached hydrogens (tertiary/aromatic N) is 1. The number of hydrogen-bond donors (Lipinski definition) is 1. The second-order valence-corrected chi connectivity index (χ2v) is 5.28. The van der Waals surface area contributed by atoms with E-state index in [2.05, 4.69) is 11.8 Å². The van der Waals surface area contributed by atoms with Crippen molar-refractivity contribution >= 4 is 0 Å². The molecular formula is C16H26N2O. The van der Waals surface area contributed by atoms with Crippen molar-refractivity contribution < 1.29 is 4.74 Å². The van der Waals surface area contributed by atoms with Gasteiger partial charge in [0.25, 0.3) is 0 Å². The SMILES string of the molecule is CCCCN(CCOc1ccccc1CN)C1CC1. The lowest BCUT2D eigenvalue weighted by molar-refractivity contribution is 0.198. The molecule has 1 aliphatic carbocycles. The molecule has 1 saturated carbocycles. The molecule has 1 aromatic rings. The molecule has 0 heterocycles. The van der Waals surface area contributed by atoms with Gasteiger partial charge in [0.2, 0.25) is 0 Å².